The molecule has 0 unspecified atom stereocenters. The van der Waals surface area contributed by atoms with Gasteiger partial charge in [0.05, 0.1) is 12.7 Å². The summed E-state index contributed by atoms with van der Waals surface area (Å²) in [5, 5.41) is 0. The van der Waals surface area contributed by atoms with Gasteiger partial charge in [0.25, 0.3) is 0 Å². The number of hydrogen-bond donors (Lipinski definition) is 0. The highest BCUT2D eigenvalue weighted by atomic mass is 16.4. The number of amides is 1. The van der Waals surface area contributed by atoms with Gasteiger partial charge < -0.3 is 9.32 Å². The summed E-state index contributed by atoms with van der Waals surface area (Å²) in [6.45, 7) is 2.52. The molecule has 3 rings (SSSR count). The average Bonchev–Trinajstić information content (AvgIpc) is 3.04. The monoisotopic (exact) mass is 313 g/mol. The van der Waals surface area contributed by atoms with Crippen molar-refractivity contribution in [2.45, 2.75) is 19.4 Å². The third-order valence-corrected chi connectivity index (χ3v) is 4.35. The molecule has 0 radical (unpaired) electrons. The van der Waals surface area contributed by atoms with E-state index in [1.807, 2.05) is 44.4 Å². The number of likely N-dealkylation sites (tertiary alicyclic amines) is 1. The number of carbonyl (C=O) groups excluding carboxylic acids is 1. The summed E-state index contributed by atoms with van der Waals surface area (Å²) in [7, 11) is 3.65. The Balaban J connectivity index is 1.55. The standard InChI is InChI=1S/C18H23N3O2/c1-20(2)18(22)15-8-10-21(11-9-15)13-17-19-12-16(23-17)14-6-4-3-5-7-14/h3-7,12,15H,8-11,13H2,1-2H3. The SMILES string of the molecule is CN(C)C(=O)C1CCN(Cc2ncc(-c3ccccc3)o2)CC1. The first kappa shape index (κ1) is 15.7. The topological polar surface area (TPSA) is 49.6 Å². The molecule has 1 aliphatic rings. The molecule has 5 nitrogen and oxygen atoms in total. The molecule has 0 N–H and O–H groups in total. The summed E-state index contributed by atoms with van der Waals surface area (Å²) >= 11 is 0. The molecule has 1 aromatic carbocycles. The van der Waals surface area contributed by atoms with Crippen molar-refractivity contribution in [2.24, 2.45) is 5.92 Å². The van der Waals surface area contributed by atoms with E-state index in [9.17, 15) is 4.79 Å². The fraction of sp³-hybridized carbons (Fsp3) is 0.444. The van der Waals surface area contributed by atoms with E-state index in [0.29, 0.717) is 6.54 Å². The summed E-state index contributed by atoms with van der Waals surface area (Å²) in [6.07, 6.45) is 3.60. The van der Waals surface area contributed by atoms with Crippen molar-refractivity contribution in [3.05, 3.63) is 42.4 Å². The number of rotatable bonds is 4. The molecule has 5 heteroatoms. The van der Waals surface area contributed by atoms with Crippen LogP contribution in [0.3, 0.4) is 0 Å². The van der Waals surface area contributed by atoms with Crippen molar-refractivity contribution in [1.82, 2.24) is 14.8 Å². The second-order valence-electron chi connectivity index (χ2n) is 6.27. The minimum Gasteiger partial charge on any atom is -0.439 e. The van der Waals surface area contributed by atoms with E-state index in [1.165, 1.54) is 0 Å². The number of aromatic nitrogens is 1. The first-order valence-corrected chi connectivity index (χ1v) is 8.07. The van der Waals surface area contributed by atoms with Crippen LogP contribution in [0.1, 0.15) is 18.7 Å². The fourth-order valence-corrected chi connectivity index (χ4v) is 3.01. The zero-order valence-electron chi connectivity index (χ0n) is 13.7. The maximum atomic E-state index is 12.0. The van der Waals surface area contributed by atoms with Crippen LogP contribution in [-0.4, -0.2) is 47.9 Å². The first-order valence-electron chi connectivity index (χ1n) is 8.07. The molecular formula is C18H23N3O2. The normalized spacial score (nSPS) is 16.4. The molecule has 0 atom stereocenters. The Morgan fingerprint density at radius 3 is 2.61 bits per heavy atom. The Kier molecular flexibility index (Phi) is 4.76. The number of piperidine rings is 1. The highest BCUT2D eigenvalue weighted by molar-refractivity contribution is 5.78. The number of oxazole rings is 1. The molecule has 23 heavy (non-hydrogen) atoms. The summed E-state index contributed by atoms with van der Waals surface area (Å²) in [5.41, 5.74) is 1.04. The van der Waals surface area contributed by atoms with Crippen molar-refractivity contribution < 1.29 is 9.21 Å². The molecule has 2 aromatic rings. The molecule has 0 bridgehead atoms. The Bertz CT molecular complexity index is 643. The number of carbonyl (C=O) groups is 1. The van der Waals surface area contributed by atoms with E-state index < -0.39 is 0 Å². The zero-order valence-corrected chi connectivity index (χ0v) is 13.7. The van der Waals surface area contributed by atoms with E-state index in [-0.39, 0.29) is 11.8 Å². The van der Waals surface area contributed by atoms with Gasteiger partial charge >= 0.3 is 0 Å². The van der Waals surface area contributed by atoms with Crippen LogP contribution in [0.25, 0.3) is 11.3 Å². The Labute approximate surface area is 136 Å². The Morgan fingerprint density at radius 2 is 1.96 bits per heavy atom. The molecule has 1 saturated heterocycles. The number of benzene rings is 1. The molecule has 1 aliphatic heterocycles. The van der Waals surface area contributed by atoms with Crippen LogP contribution in [0.15, 0.2) is 40.9 Å². The van der Waals surface area contributed by atoms with Crippen LogP contribution in [0, 0.1) is 5.92 Å². The van der Waals surface area contributed by atoms with Gasteiger partial charge in [-0.05, 0) is 25.9 Å². The quantitative estimate of drug-likeness (QED) is 0.871. The van der Waals surface area contributed by atoms with Crippen molar-refractivity contribution >= 4 is 5.91 Å². The molecule has 0 aliphatic carbocycles. The van der Waals surface area contributed by atoms with Gasteiger partial charge in [-0.15, -0.1) is 0 Å². The van der Waals surface area contributed by atoms with Gasteiger partial charge in [0.15, 0.2) is 5.76 Å². The summed E-state index contributed by atoms with van der Waals surface area (Å²) in [5.74, 6) is 1.94. The van der Waals surface area contributed by atoms with Crippen molar-refractivity contribution in [2.75, 3.05) is 27.2 Å². The molecule has 1 aromatic heterocycles. The van der Waals surface area contributed by atoms with Gasteiger partial charge in [-0.1, -0.05) is 30.3 Å². The molecule has 2 heterocycles. The fourth-order valence-electron chi connectivity index (χ4n) is 3.01. The third-order valence-electron chi connectivity index (χ3n) is 4.35. The van der Waals surface area contributed by atoms with Crippen molar-refractivity contribution in [3.8, 4) is 11.3 Å². The summed E-state index contributed by atoms with van der Waals surface area (Å²) < 4.78 is 5.86. The molecular weight excluding hydrogens is 290 g/mol. The second-order valence-corrected chi connectivity index (χ2v) is 6.27. The van der Waals surface area contributed by atoms with Crippen LogP contribution < -0.4 is 0 Å². The van der Waals surface area contributed by atoms with Crippen LogP contribution in [0.5, 0.6) is 0 Å². The lowest BCUT2D eigenvalue weighted by Crippen LogP contribution is -2.39. The molecule has 0 saturated carbocycles. The maximum Gasteiger partial charge on any atom is 0.225 e. The van der Waals surface area contributed by atoms with E-state index in [0.717, 1.165) is 43.1 Å². The second kappa shape index (κ2) is 6.96. The first-order chi connectivity index (χ1) is 11.1. The minimum atomic E-state index is 0.158. The summed E-state index contributed by atoms with van der Waals surface area (Å²) in [6, 6.07) is 10.00. The van der Waals surface area contributed by atoms with Crippen LogP contribution in [0.4, 0.5) is 0 Å². The summed E-state index contributed by atoms with van der Waals surface area (Å²) in [4.78, 5) is 20.4. The van der Waals surface area contributed by atoms with Gasteiger partial charge in [-0.25, -0.2) is 4.98 Å². The molecule has 122 valence electrons. The van der Waals surface area contributed by atoms with E-state index in [2.05, 4.69) is 9.88 Å². The molecule has 1 fully saturated rings. The van der Waals surface area contributed by atoms with E-state index in [1.54, 1.807) is 11.1 Å². The van der Waals surface area contributed by atoms with Gasteiger partial charge in [-0.3, -0.25) is 9.69 Å². The third kappa shape index (κ3) is 3.79. The highest BCUT2D eigenvalue weighted by Crippen LogP contribution is 2.23. The maximum absolute atomic E-state index is 12.0. The van der Waals surface area contributed by atoms with Gasteiger partial charge in [0, 0.05) is 25.6 Å². The lowest BCUT2D eigenvalue weighted by atomic mass is 9.95. The van der Waals surface area contributed by atoms with Crippen LogP contribution >= 0.6 is 0 Å². The molecule has 0 spiro atoms. The van der Waals surface area contributed by atoms with Gasteiger partial charge in [-0.2, -0.15) is 0 Å². The predicted octanol–water partition coefficient (Wildman–Crippen LogP) is 2.64. The number of nitrogens with zero attached hydrogens (tertiary/aromatic N) is 3. The van der Waals surface area contributed by atoms with Crippen LogP contribution in [0.2, 0.25) is 0 Å². The average molecular weight is 313 g/mol. The highest BCUT2D eigenvalue weighted by Gasteiger charge is 2.26. The van der Waals surface area contributed by atoms with E-state index >= 15 is 0 Å². The van der Waals surface area contributed by atoms with E-state index in [4.69, 9.17) is 4.42 Å². The lowest BCUT2D eigenvalue weighted by Gasteiger charge is -2.31. The molecule has 1 amide bonds. The zero-order chi connectivity index (χ0) is 16.2. The van der Waals surface area contributed by atoms with Gasteiger partial charge in [0.2, 0.25) is 11.8 Å². The Morgan fingerprint density at radius 1 is 1.26 bits per heavy atom. The largest absolute Gasteiger partial charge is 0.439 e. The smallest absolute Gasteiger partial charge is 0.225 e. The minimum absolute atomic E-state index is 0.158. The number of hydrogen-bond acceptors (Lipinski definition) is 4. The Hall–Kier alpha value is -2.14. The van der Waals surface area contributed by atoms with Crippen molar-refractivity contribution in [3.63, 3.8) is 0 Å². The van der Waals surface area contributed by atoms with Gasteiger partial charge in [0.1, 0.15) is 0 Å². The predicted molar refractivity (Wildman–Crippen MR) is 88.6 cm³/mol. The van der Waals surface area contributed by atoms with Crippen molar-refractivity contribution in [1.29, 1.82) is 0 Å². The lowest BCUT2D eigenvalue weighted by molar-refractivity contribution is -0.134. The van der Waals surface area contributed by atoms with Crippen LogP contribution in [-0.2, 0) is 11.3 Å².